The highest BCUT2D eigenvalue weighted by Crippen LogP contribution is 2.26. The standard InChI is InChI=1S/C55H106O12S/c1-3-5-7-9-11-13-15-17-19-21-22-23-24-25-26-27-29-31-33-35-37-39-41-43-45-63-47-49(48-64-55-53(59)54(67-68(60,61)62)52(58)50(46-56)66-55)65-51(57)44-42-40-38-36-34-32-30-28-20-18-16-14-12-10-8-6-4-2/h18,20,49-50,52-56,58-59H,3-17,19,21-48H2,1-2H3,(H,60,61,62)/b20-18-. The summed E-state index contributed by atoms with van der Waals surface area (Å²) in [4.78, 5) is 12.9. The molecule has 0 aromatic carbocycles. The van der Waals surface area contributed by atoms with Crippen LogP contribution in [0.1, 0.15) is 271 Å². The Kier molecular flexibility index (Phi) is 44.7. The van der Waals surface area contributed by atoms with E-state index in [-0.39, 0.29) is 19.6 Å². The van der Waals surface area contributed by atoms with Crippen LogP contribution >= 0.6 is 0 Å². The van der Waals surface area contributed by atoms with Crippen LogP contribution in [0.4, 0.5) is 0 Å². The number of esters is 1. The fraction of sp³-hybridized carbons (Fsp3) is 0.945. The molecule has 0 amide bonds. The summed E-state index contributed by atoms with van der Waals surface area (Å²) in [7, 11) is -5.06. The molecule has 1 fully saturated rings. The average molecular weight is 992 g/mol. The van der Waals surface area contributed by atoms with Crippen molar-refractivity contribution in [2.24, 2.45) is 0 Å². The second-order valence-electron chi connectivity index (χ2n) is 19.9. The van der Waals surface area contributed by atoms with E-state index in [1.165, 1.54) is 199 Å². The molecule has 404 valence electrons. The predicted molar refractivity (Wildman–Crippen MR) is 276 cm³/mol. The number of hydrogen-bond donors (Lipinski definition) is 4. The maximum Gasteiger partial charge on any atom is 0.397 e. The molecule has 1 aliphatic heterocycles. The molecule has 1 saturated heterocycles. The number of aliphatic hydroxyl groups is 3. The zero-order chi connectivity index (χ0) is 49.6. The summed E-state index contributed by atoms with van der Waals surface area (Å²) in [5.41, 5.74) is 0. The van der Waals surface area contributed by atoms with Crippen molar-refractivity contribution in [1.29, 1.82) is 0 Å². The molecule has 0 radical (unpaired) electrons. The van der Waals surface area contributed by atoms with E-state index in [1.807, 2.05) is 0 Å². The van der Waals surface area contributed by atoms with E-state index in [1.54, 1.807) is 0 Å². The summed E-state index contributed by atoms with van der Waals surface area (Å²) in [6, 6.07) is 0. The summed E-state index contributed by atoms with van der Waals surface area (Å²) in [5.74, 6) is -0.397. The van der Waals surface area contributed by atoms with Crippen LogP contribution in [0.3, 0.4) is 0 Å². The third-order valence-electron chi connectivity index (χ3n) is 13.4. The first kappa shape index (κ1) is 64.9. The first-order chi connectivity index (χ1) is 33.1. The molecule has 68 heavy (non-hydrogen) atoms. The maximum absolute atomic E-state index is 12.9. The van der Waals surface area contributed by atoms with E-state index in [2.05, 4.69) is 30.2 Å². The molecule has 6 atom stereocenters. The molecule has 1 rings (SSSR count). The van der Waals surface area contributed by atoms with E-state index in [0.717, 1.165) is 44.9 Å². The van der Waals surface area contributed by atoms with E-state index in [0.29, 0.717) is 13.0 Å². The fourth-order valence-corrected chi connectivity index (χ4v) is 9.59. The number of unbranched alkanes of at least 4 members (excludes halogenated alkanes) is 36. The summed E-state index contributed by atoms with van der Waals surface area (Å²) in [6.07, 6.45) is 45.4. The highest BCUT2D eigenvalue weighted by molar-refractivity contribution is 7.80. The summed E-state index contributed by atoms with van der Waals surface area (Å²) in [6.45, 7) is 4.05. The molecule has 4 N–H and O–H groups in total. The van der Waals surface area contributed by atoms with Gasteiger partial charge >= 0.3 is 16.4 Å². The van der Waals surface area contributed by atoms with E-state index < -0.39 is 59.8 Å². The van der Waals surface area contributed by atoms with Gasteiger partial charge in [-0.05, 0) is 38.5 Å². The summed E-state index contributed by atoms with van der Waals surface area (Å²) < 4.78 is 59.4. The summed E-state index contributed by atoms with van der Waals surface area (Å²) in [5, 5.41) is 30.8. The third kappa shape index (κ3) is 39.5. The zero-order valence-corrected chi connectivity index (χ0v) is 44.5. The van der Waals surface area contributed by atoms with Crippen LogP contribution in [-0.4, -0.2) is 97.5 Å². The van der Waals surface area contributed by atoms with Crippen LogP contribution in [-0.2, 0) is 38.3 Å². The first-order valence-electron chi connectivity index (χ1n) is 28.4. The van der Waals surface area contributed by atoms with Gasteiger partial charge in [-0.3, -0.25) is 9.35 Å². The molecule has 0 saturated carbocycles. The van der Waals surface area contributed by atoms with Crippen molar-refractivity contribution in [2.75, 3.05) is 26.4 Å². The van der Waals surface area contributed by atoms with E-state index in [9.17, 15) is 33.1 Å². The van der Waals surface area contributed by atoms with Crippen LogP contribution in [0.2, 0.25) is 0 Å². The minimum atomic E-state index is -5.06. The Bertz CT molecular complexity index is 1240. The van der Waals surface area contributed by atoms with Gasteiger partial charge in [0.05, 0.1) is 19.8 Å². The molecule has 0 aromatic heterocycles. The number of rotatable bonds is 51. The topological polar surface area (TPSA) is 178 Å². The Morgan fingerprint density at radius 1 is 0.544 bits per heavy atom. The van der Waals surface area contributed by atoms with Gasteiger partial charge in [0.2, 0.25) is 0 Å². The van der Waals surface area contributed by atoms with Crippen LogP contribution in [0.25, 0.3) is 0 Å². The SMILES string of the molecule is CCCCCCCC/C=C\CCCCCCCCCC(=O)OC(COCCCCCCCCCCCCCCCCCCCCCCCCCC)COC1OC(CO)C(O)C(OS(=O)(=O)O)C1O. The minimum Gasteiger partial charge on any atom is -0.457 e. The molecule has 13 heteroatoms. The van der Waals surface area contributed by atoms with Crippen molar-refractivity contribution in [3.8, 4) is 0 Å². The van der Waals surface area contributed by atoms with Crippen molar-refractivity contribution >= 4 is 16.4 Å². The molecule has 12 nitrogen and oxygen atoms in total. The second kappa shape index (κ2) is 46.9. The first-order valence-corrected chi connectivity index (χ1v) is 29.8. The average Bonchev–Trinajstić information content (AvgIpc) is 3.31. The Balaban J connectivity index is 2.28. The van der Waals surface area contributed by atoms with Crippen LogP contribution < -0.4 is 0 Å². The number of ether oxygens (including phenoxy) is 4. The van der Waals surface area contributed by atoms with Crippen molar-refractivity contribution in [3.05, 3.63) is 12.2 Å². The predicted octanol–water partition coefficient (Wildman–Crippen LogP) is 13.8. The molecule has 6 unspecified atom stereocenters. The van der Waals surface area contributed by atoms with Gasteiger partial charge in [0.25, 0.3) is 0 Å². The number of aliphatic hydroxyl groups excluding tert-OH is 3. The number of hydrogen-bond acceptors (Lipinski definition) is 11. The van der Waals surface area contributed by atoms with Crippen molar-refractivity contribution in [1.82, 2.24) is 0 Å². The lowest BCUT2D eigenvalue weighted by Crippen LogP contribution is -2.60. The largest absolute Gasteiger partial charge is 0.457 e. The molecule has 0 aromatic rings. The van der Waals surface area contributed by atoms with Gasteiger partial charge < -0.3 is 34.3 Å². The lowest BCUT2D eigenvalue weighted by atomic mass is 9.99. The van der Waals surface area contributed by atoms with Gasteiger partial charge in [-0.1, -0.05) is 238 Å². The van der Waals surface area contributed by atoms with Gasteiger partial charge in [0, 0.05) is 13.0 Å². The highest BCUT2D eigenvalue weighted by atomic mass is 32.3. The normalized spacial score (nSPS) is 19.3. The Morgan fingerprint density at radius 3 is 1.32 bits per heavy atom. The Morgan fingerprint density at radius 2 is 0.926 bits per heavy atom. The maximum atomic E-state index is 12.9. The molecule has 0 bridgehead atoms. The monoisotopic (exact) mass is 991 g/mol. The molecule has 1 aliphatic rings. The van der Waals surface area contributed by atoms with E-state index >= 15 is 0 Å². The van der Waals surface area contributed by atoms with Gasteiger partial charge in [-0.15, -0.1) is 0 Å². The van der Waals surface area contributed by atoms with Crippen LogP contribution in [0.15, 0.2) is 12.2 Å². The number of allylic oxidation sites excluding steroid dienone is 2. The lowest BCUT2D eigenvalue weighted by molar-refractivity contribution is -0.301. The number of carbonyl (C=O) groups excluding carboxylic acids is 1. The molecular formula is C55H106O12S. The molecule has 0 aliphatic carbocycles. The van der Waals surface area contributed by atoms with Gasteiger partial charge in [-0.2, -0.15) is 8.42 Å². The quantitative estimate of drug-likeness (QED) is 0.0196. The van der Waals surface area contributed by atoms with Crippen LogP contribution in [0.5, 0.6) is 0 Å². The number of carbonyl (C=O) groups is 1. The third-order valence-corrected chi connectivity index (χ3v) is 13.9. The minimum absolute atomic E-state index is 0.0408. The molecule has 1 heterocycles. The van der Waals surface area contributed by atoms with Gasteiger partial charge in [0.15, 0.2) is 6.29 Å². The van der Waals surface area contributed by atoms with Crippen molar-refractivity contribution < 1.29 is 56.2 Å². The van der Waals surface area contributed by atoms with E-state index in [4.69, 9.17) is 18.9 Å². The second-order valence-corrected chi connectivity index (χ2v) is 20.9. The summed E-state index contributed by atoms with van der Waals surface area (Å²) >= 11 is 0. The van der Waals surface area contributed by atoms with Crippen molar-refractivity contribution in [3.63, 3.8) is 0 Å². The molecule has 0 spiro atoms. The van der Waals surface area contributed by atoms with Gasteiger partial charge in [-0.25, -0.2) is 4.18 Å². The van der Waals surface area contributed by atoms with Gasteiger partial charge in [0.1, 0.15) is 30.5 Å². The lowest BCUT2D eigenvalue weighted by Gasteiger charge is -2.41. The van der Waals surface area contributed by atoms with Crippen LogP contribution in [0, 0.1) is 0 Å². The Hall–Kier alpha value is -1.16. The fourth-order valence-electron chi connectivity index (χ4n) is 9.08. The highest BCUT2D eigenvalue weighted by Gasteiger charge is 2.48. The Labute approximate surface area is 417 Å². The smallest absolute Gasteiger partial charge is 0.397 e. The zero-order valence-electron chi connectivity index (χ0n) is 43.7. The van der Waals surface area contributed by atoms with Crippen molar-refractivity contribution in [2.45, 2.75) is 307 Å². The molecular weight excluding hydrogens is 885 g/mol.